The van der Waals surface area contributed by atoms with Crippen molar-refractivity contribution < 1.29 is 14.7 Å². The summed E-state index contributed by atoms with van der Waals surface area (Å²) >= 11 is 0. The molecule has 1 aromatic heterocycles. The van der Waals surface area contributed by atoms with Crippen LogP contribution in [0.2, 0.25) is 0 Å². The van der Waals surface area contributed by atoms with Crippen LogP contribution in [0.5, 0.6) is 0 Å². The van der Waals surface area contributed by atoms with Crippen molar-refractivity contribution in [1.29, 1.82) is 0 Å². The third-order valence-corrected chi connectivity index (χ3v) is 7.75. The van der Waals surface area contributed by atoms with E-state index in [4.69, 9.17) is 5.10 Å². The van der Waals surface area contributed by atoms with E-state index in [-0.39, 0.29) is 18.5 Å². The number of piperidine rings is 1. The molecule has 0 spiro atoms. The minimum Gasteiger partial charge on any atom is -0.465 e. The van der Waals surface area contributed by atoms with E-state index in [9.17, 15) is 14.7 Å². The Morgan fingerprint density at radius 3 is 2.24 bits per heavy atom. The second kappa shape index (κ2) is 10.3. The first-order valence-electron chi connectivity index (χ1n) is 13.2. The Labute approximate surface area is 221 Å². The first-order valence-corrected chi connectivity index (χ1v) is 13.2. The van der Waals surface area contributed by atoms with Gasteiger partial charge in [-0.3, -0.25) is 14.4 Å². The highest BCUT2D eigenvalue weighted by atomic mass is 16.4. The first kappa shape index (κ1) is 24.2. The normalized spacial score (nSPS) is 18.9. The molecule has 3 fully saturated rings. The van der Waals surface area contributed by atoms with Crippen LogP contribution < -0.4 is 4.90 Å². The monoisotopic (exact) mass is 509 g/mol. The summed E-state index contributed by atoms with van der Waals surface area (Å²) in [7, 11) is 0. The lowest BCUT2D eigenvalue weighted by Crippen LogP contribution is -2.41. The van der Waals surface area contributed by atoms with Crippen LogP contribution in [0.3, 0.4) is 0 Å². The van der Waals surface area contributed by atoms with Gasteiger partial charge in [-0.25, -0.2) is 4.79 Å². The molecule has 7 rings (SSSR count). The standard InChI is InChI=1S/C30H31N5O3/c36-29(33-18-17-32-15-13-24(33)14-16-32)28-26-19-25(34(30(37)38)20-22-7-3-1-4-8-22)11-12-27(26)35(31-28)21-23-9-5-2-6-10-23/h1-12,19,24H,13-18,20-21H2,(H,37,38). The Hall–Kier alpha value is -4.17. The Morgan fingerprint density at radius 1 is 0.868 bits per heavy atom. The van der Waals surface area contributed by atoms with E-state index in [2.05, 4.69) is 4.90 Å². The van der Waals surface area contributed by atoms with E-state index in [1.165, 1.54) is 4.90 Å². The molecule has 38 heavy (non-hydrogen) atoms. The van der Waals surface area contributed by atoms with Gasteiger partial charge in [-0.05, 0) is 42.2 Å². The average Bonchev–Trinajstić information content (AvgIpc) is 3.07. The summed E-state index contributed by atoms with van der Waals surface area (Å²) in [5.41, 5.74) is 3.70. The van der Waals surface area contributed by atoms with Crippen LogP contribution in [-0.2, 0) is 13.1 Å². The predicted octanol–water partition coefficient (Wildman–Crippen LogP) is 4.69. The van der Waals surface area contributed by atoms with Crippen molar-refractivity contribution in [2.45, 2.75) is 32.0 Å². The minimum atomic E-state index is -1.05. The van der Waals surface area contributed by atoms with Gasteiger partial charge in [0.05, 0.1) is 18.6 Å². The van der Waals surface area contributed by atoms with Crippen LogP contribution in [-0.4, -0.2) is 68.9 Å². The number of benzene rings is 3. The zero-order chi connectivity index (χ0) is 26.1. The fraction of sp³-hybridized carbons (Fsp3) is 0.300. The van der Waals surface area contributed by atoms with Crippen molar-refractivity contribution in [3.05, 3.63) is 95.7 Å². The molecule has 3 saturated heterocycles. The summed E-state index contributed by atoms with van der Waals surface area (Å²) in [6.45, 7) is 4.34. The van der Waals surface area contributed by atoms with Crippen LogP contribution in [0.1, 0.15) is 34.5 Å². The van der Waals surface area contributed by atoms with Crippen molar-refractivity contribution in [3.8, 4) is 0 Å². The van der Waals surface area contributed by atoms with Crippen LogP contribution in [0, 0.1) is 0 Å². The third-order valence-electron chi connectivity index (χ3n) is 7.75. The number of carboxylic acid groups (broad SMARTS) is 1. The summed E-state index contributed by atoms with van der Waals surface area (Å²) in [4.78, 5) is 32.1. The molecule has 194 valence electrons. The molecule has 3 aliphatic heterocycles. The van der Waals surface area contributed by atoms with Gasteiger partial charge < -0.3 is 14.9 Å². The van der Waals surface area contributed by atoms with Gasteiger partial charge in [-0.15, -0.1) is 0 Å². The molecule has 2 amide bonds. The summed E-state index contributed by atoms with van der Waals surface area (Å²) in [6.07, 6.45) is 0.906. The number of carbonyl (C=O) groups excluding carboxylic acids is 1. The molecule has 0 radical (unpaired) electrons. The Kier molecular flexibility index (Phi) is 6.55. The number of aromatic nitrogens is 2. The molecule has 1 N–H and O–H groups in total. The number of rotatable bonds is 6. The number of hydrogen-bond donors (Lipinski definition) is 1. The highest BCUT2D eigenvalue weighted by Crippen LogP contribution is 2.30. The zero-order valence-electron chi connectivity index (χ0n) is 21.2. The maximum atomic E-state index is 14.0. The Morgan fingerprint density at radius 2 is 1.55 bits per heavy atom. The fourth-order valence-corrected chi connectivity index (χ4v) is 5.70. The Balaban J connectivity index is 1.42. The van der Waals surface area contributed by atoms with Gasteiger partial charge in [0.2, 0.25) is 0 Å². The van der Waals surface area contributed by atoms with Gasteiger partial charge in [0, 0.05) is 43.3 Å². The lowest BCUT2D eigenvalue weighted by atomic mass is 10.0. The zero-order valence-corrected chi connectivity index (χ0v) is 21.2. The molecular formula is C30H31N5O3. The van der Waals surface area contributed by atoms with E-state index in [0.717, 1.165) is 49.1 Å². The highest BCUT2D eigenvalue weighted by Gasteiger charge is 2.34. The van der Waals surface area contributed by atoms with Crippen LogP contribution >= 0.6 is 0 Å². The van der Waals surface area contributed by atoms with Gasteiger partial charge in [0.1, 0.15) is 0 Å². The van der Waals surface area contributed by atoms with Crippen molar-refractivity contribution in [3.63, 3.8) is 0 Å². The fourth-order valence-electron chi connectivity index (χ4n) is 5.70. The molecule has 0 aliphatic carbocycles. The van der Waals surface area contributed by atoms with Gasteiger partial charge in [0.15, 0.2) is 5.69 Å². The predicted molar refractivity (Wildman–Crippen MR) is 146 cm³/mol. The van der Waals surface area contributed by atoms with E-state index in [0.29, 0.717) is 29.9 Å². The Bertz CT molecular complexity index is 1450. The molecule has 3 aromatic carbocycles. The molecule has 2 bridgehead atoms. The van der Waals surface area contributed by atoms with Crippen molar-refractivity contribution >= 4 is 28.6 Å². The summed E-state index contributed by atoms with van der Waals surface area (Å²) in [6, 6.07) is 25.3. The molecule has 3 aliphatic rings. The van der Waals surface area contributed by atoms with Crippen molar-refractivity contribution in [1.82, 2.24) is 19.6 Å². The number of anilines is 1. The average molecular weight is 510 g/mol. The topological polar surface area (TPSA) is 81.9 Å². The van der Waals surface area contributed by atoms with E-state index in [1.807, 2.05) is 82.4 Å². The molecule has 4 aromatic rings. The maximum absolute atomic E-state index is 14.0. The second-order valence-corrected chi connectivity index (χ2v) is 10.1. The van der Waals surface area contributed by atoms with Crippen molar-refractivity contribution in [2.24, 2.45) is 0 Å². The van der Waals surface area contributed by atoms with E-state index >= 15 is 0 Å². The minimum absolute atomic E-state index is 0.0716. The quantitative estimate of drug-likeness (QED) is 0.408. The lowest BCUT2D eigenvalue weighted by Gasteiger charge is -2.31. The molecule has 4 heterocycles. The summed E-state index contributed by atoms with van der Waals surface area (Å²) in [5, 5.41) is 15.6. The molecule has 8 nitrogen and oxygen atoms in total. The molecule has 0 atom stereocenters. The van der Waals surface area contributed by atoms with Gasteiger partial charge in [-0.1, -0.05) is 60.7 Å². The highest BCUT2D eigenvalue weighted by molar-refractivity contribution is 6.06. The van der Waals surface area contributed by atoms with E-state index in [1.54, 1.807) is 6.07 Å². The van der Waals surface area contributed by atoms with Crippen molar-refractivity contribution in [2.75, 3.05) is 31.1 Å². The van der Waals surface area contributed by atoms with Gasteiger partial charge in [0.25, 0.3) is 5.91 Å². The number of hydrogen-bond acceptors (Lipinski definition) is 4. The smallest absolute Gasteiger partial charge is 0.412 e. The van der Waals surface area contributed by atoms with Crippen LogP contribution in [0.4, 0.5) is 10.5 Å². The third kappa shape index (κ3) is 4.75. The van der Waals surface area contributed by atoms with E-state index < -0.39 is 6.09 Å². The second-order valence-electron chi connectivity index (χ2n) is 10.1. The first-order chi connectivity index (χ1) is 18.6. The molecular weight excluding hydrogens is 478 g/mol. The largest absolute Gasteiger partial charge is 0.465 e. The molecule has 8 heteroatoms. The number of amides is 2. The number of carbonyl (C=O) groups is 2. The molecule has 0 unspecified atom stereocenters. The number of fused-ring (bicyclic) bond motifs is 5. The summed E-state index contributed by atoms with van der Waals surface area (Å²) < 4.78 is 1.86. The number of nitrogens with zero attached hydrogens (tertiary/aromatic N) is 5. The molecule has 0 saturated carbocycles. The maximum Gasteiger partial charge on any atom is 0.412 e. The SMILES string of the molecule is O=C(O)N(Cc1ccccc1)c1ccc2c(c1)c(C(=O)N1CCN3CCC1CC3)nn2Cc1ccccc1. The summed E-state index contributed by atoms with van der Waals surface area (Å²) in [5.74, 6) is -0.0716. The lowest BCUT2D eigenvalue weighted by molar-refractivity contribution is 0.0680. The van der Waals surface area contributed by atoms with Crippen LogP contribution in [0.25, 0.3) is 10.9 Å². The van der Waals surface area contributed by atoms with Gasteiger partial charge >= 0.3 is 6.09 Å². The van der Waals surface area contributed by atoms with Crippen LogP contribution in [0.15, 0.2) is 78.9 Å². The van der Waals surface area contributed by atoms with Gasteiger partial charge in [-0.2, -0.15) is 5.10 Å².